The molecule has 0 saturated heterocycles. The van der Waals surface area contributed by atoms with Gasteiger partial charge < -0.3 is 11.1 Å². The Labute approximate surface area is 191 Å². The van der Waals surface area contributed by atoms with E-state index in [0.717, 1.165) is 16.7 Å². The Morgan fingerprint density at radius 2 is 2.03 bits per heavy atom. The van der Waals surface area contributed by atoms with Gasteiger partial charge in [0.05, 0.1) is 28.8 Å². The normalized spacial score (nSPS) is 11.1. The number of amides is 1. The number of fused-ring (bicyclic) bond motifs is 1. The van der Waals surface area contributed by atoms with Gasteiger partial charge in [-0.05, 0) is 51.8 Å². The van der Waals surface area contributed by atoms with Crippen LogP contribution in [0.5, 0.6) is 0 Å². The fourth-order valence-corrected chi connectivity index (χ4v) is 3.77. The van der Waals surface area contributed by atoms with Crippen LogP contribution in [0.15, 0.2) is 42.6 Å². The fraction of sp³-hybridized carbons (Fsp3) is 0.292. The Morgan fingerprint density at radius 1 is 1.27 bits per heavy atom. The van der Waals surface area contributed by atoms with Crippen LogP contribution in [0.3, 0.4) is 0 Å². The molecule has 0 saturated carbocycles. The van der Waals surface area contributed by atoms with Crippen molar-refractivity contribution in [2.24, 2.45) is 0 Å². The van der Waals surface area contributed by atoms with Gasteiger partial charge in [-0.25, -0.2) is 14.3 Å². The number of nitrogens with two attached hydrogens (primary N) is 1. The number of hydrogen-bond donors (Lipinski definition) is 2. The highest BCUT2D eigenvalue weighted by Crippen LogP contribution is 2.22. The van der Waals surface area contributed by atoms with Crippen LogP contribution < -0.4 is 11.1 Å². The molecule has 3 heterocycles. The number of nitrogen functional groups attached to an aromatic ring is 1. The van der Waals surface area contributed by atoms with E-state index >= 15 is 0 Å². The minimum absolute atomic E-state index is 0.186. The van der Waals surface area contributed by atoms with Gasteiger partial charge in [-0.3, -0.25) is 4.79 Å². The van der Waals surface area contributed by atoms with Crippen molar-refractivity contribution in [3.8, 4) is 11.8 Å². The van der Waals surface area contributed by atoms with Gasteiger partial charge in [0, 0.05) is 18.0 Å². The predicted molar refractivity (Wildman–Crippen MR) is 126 cm³/mol. The molecule has 4 aromatic rings. The summed E-state index contributed by atoms with van der Waals surface area (Å²) in [5.41, 5.74) is 9.90. The SMILES string of the molecule is Cc1nc2c(cnn2C(C)C)cc1C(=O)NCCCc1nn(-c2ccccc2)c(N)c1C#N. The first-order chi connectivity index (χ1) is 15.9. The van der Waals surface area contributed by atoms with Crippen LogP contribution >= 0.6 is 0 Å². The first-order valence-electron chi connectivity index (χ1n) is 10.9. The highest BCUT2D eigenvalue weighted by molar-refractivity contribution is 5.98. The largest absolute Gasteiger partial charge is 0.382 e. The van der Waals surface area contributed by atoms with Gasteiger partial charge in [0.1, 0.15) is 17.5 Å². The van der Waals surface area contributed by atoms with Crippen molar-refractivity contribution in [3.63, 3.8) is 0 Å². The molecule has 0 aliphatic heterocycles. The number of para-hydroxylation sites is 1. The fourth-order valence-electron chi connectivity index (χ4n) is 3.77. The topological polar surface area (TPSA) is 127 Å². The number of carbonyl (C=O) groups excluding carboxylic acids is 1. The summed E-state index contributed by atoms with van der Waals surface area (Å²) in [6.07, 6.45) is 2.87. The molecule has 1 aromatic carbocycles. The molecule has 0 spiro atoms. The van der Waals surface area contributed by atoms with Crippen LogP contribution in [-0.2, 0) is 6.42 Å². The summed E-state index contributed by atoms with van der Waals surface area (Å²) in [4.78, 5) is 17.4. The molecule has 1 amide bonds. The molecule has 0 bridgehead atoms. The number of benzene rings is 1. The van der Waals surface area contributed by atoms with E-state index in [-0.39, 0.29) is 11.9 Å². The van der Waals surface area contributed by atoms with E-state index in [0.29, 0.717) is 47.7 Å². The molecule has 4 rings (SSSR count). The maximum Gasteiger partial charge on any atom is 0.253 e. The van der Waals surface area contributed by atoms with Crippen molar-refractivity contribution in [1.29, 1.82) is 5.26 Å². The van der Waals surface area contributed by atoms with Crippen LogP contribution in [0.4, 0.5) is 5.82 Å². The summed E-state index contributed by atoms with van der Waals surface area (Å²) in [5, 5.41) is 22.2. The number of nitriles is 1. The molecule has 0 aliphatic carbocycles. The van der Waals surface area contributed by atoms with Gasteiger partial charge in [0.15, 0.2) is 5.65 Å². The van der Waals surface area contributed by atoms with Crippen molar-refractivity contribution >= 4 is 22.8 Å². The van der Waals surface area contributed by atoms with E-state index in [1.165, 1.54) is 0 Å². The van der Waals surface area contributed by atoms with Crippen molar-refractivity contribution in [2.45, 2.75) is 39.7 Å². The summed E-state index contributed by atoms with van der Waals surface area (Å²) >= 11 is 0. The summed E-state index contributed by atoms with van der Waals surface area (Å²) < 4.78 is 3.42. The summed E-state index contributed by atoms with van der Waals surface area (Å²) in [5.74, 6) is 0.133. The lowest BCUT2D eigenvalue weighted by Gasteiger charge is -2.10. The lowest BCUT2D eigenvalue weighted by atomic mass is 10.1. The van der Waals surface area contributed by atoms with E-state index < -0.39 is 0 Å². The van der Waals surface area contributed by atoms with Crippen LogP contribution in [0.2, 0.25) is 0 Å². The van der Waals surface area contributed by atoms with Gasteiger partial charge in [0.2, 0.25) is 0 Å². The third kappa shape index (κ3) is 4.28. The second-order valence-corrected chi connectivity index (χ2v) is 8.14. The summed E-state index contributed by atoms with van der Waals surface area (Å²) in [7, 11) is 0. The second kappa shape index (κ2) is 9.12. The van der Waals surface area contributed by atoms with Crippen molar-refractivity contribution in [2.75, 3.05) is 12.3 Å². The quantitative estimate of drug-likeness (QED) is 0.423. The Balaban J connectivity index is 1.42. The molecule has 3 aromatic heterocycles. The minimum Gasteiger partial charge on any atom is -0.382 e. The monoisotopic (exact) mass is 442 g/mol. The van der Waals surface area contributed by atoms with Crippen LogP contribution in [0.25, 0.3) is 16.7 Å². The molecule has 9 nitrogen and oxygen atoms in total. The predicted octanol–water partition coefficient (Wildman–Crippen LogP) is 3.32. The second-order valence-electron chi connectivity index (χ2n) is 8.14. The lowest BCUT2D eigenvalue weighted by molar-refractivity contribution is 0.0952. The maximum atomic E-state index is 12.8. The number of nitrogens with one attached hydrogen (secondary N) is 1. The van der Waals surface area contributed by atoms with Crippen LogP contribution in [-0.4, -0.2) is 37.0 Å². The molecular formula is C24H26N8O. The highest BCUT2D eigenvalue weighted by atomic mass is 16.1. The molecule has 0 unspecified atom stereocenters. The van der Waals surface area contributed by atoms with E-state index in [9.17, 15) is 10.1 Å². The molecule has 0 fully saturated rings. The van der Waals surface area contributed by atoms with Gasteiger partial charge in [-0.1, -0.05) is 18.2 Å². The van der Waals surface area contributed by atoms with Gasteiger partial charge in [-0.15, -0.1) is 0 Å². The van der Waals surface area contributed by atoms with E-state index in [1.807, 2.05) is 61.9 Å². The lowest BCUT2D eigenvalue weighted by Crippen LogP contribution is -2.26. The summed E-state index contributed by atoms with van der Waals surface area (Å²) in [6, 6.07) is 13.6. The third-order valence-electron chi connectivity index (χ3n) is 5.48. The van der Waals surface area contributed by atoms with Crippen LogP contribution in [0.1, 0.15) is 53.6 Å². The van der Waals surface area contributed by atoms with Crippen molar-refractivity contribution in [1.82, 2.24) is 29.9 Å². The standard InChI is InChI=1S/C24H26N8O/c1-15(2)31-23-17(14-28-31)12-19(16(3)29-23)24(33)27-11-7-10-21-20(13-25)22(26)32(30-21)18-8-5-4-6-9-18/h4-6,8-9,12,14-15H,7,10-11,26H2,1-3H3,(H,27,33). The molecular weight excluding hydrogens is 416 g/mol. The summed E-state index contributed by atoms with van der Waals surface area (Å²) in [6.45, 7) is 6.34. The number of aromatic nitrogens is 5. The average molecular weight is 443 g/mol. The van der Waals surface area contributed by atoms with Crippen LogP contribution in [0, 0.1) is 18.3 Å². The van der Waals surface area contributed by atoms with Gasteiger partial charge in [0.25, 0.3) is 5.91 Å². The minimum atomic E-state index is -0.186. The Morgan fingerprint density at radius 3 is 2.73 bits per heavy atom. The molecule has 9 heteroatoms. The van der Waals surface area contributed by atoms with Gasteiger partial charge in [-0.2, -0.15) is 15.5 Å². The maximum absolute atomic E-state index is 12.8. The molecule has 0 radical (unpaired) electrons. The Kier molecular flexibility index (Phi) is 6.09. The third-order valence-corrected chi connectivity index (χ3v) is 5.48. The molecule has 33 heavy (non-hydrogen) atoms. The number of aryl methyl sites for hydroxylation is 2. The highest BCUT2D eigenvalue weighted by Gasteiger charge is 2.17. The zero-order chi connectivity index (χ0) is 23.5. The zero-order valence-corrected chi connectivity index (χ0v) is 18.9. The average Bonchev–Trinajstić information content (AvgIpc) is 3.36. The van der Waals surface area contributed by atoms with Gasteiger partial charge >= 0.3 is 0 Å². The zero-order valence-electron chi connectivity index (χ0n) is 18.9. The van der Waals surface area contributed by atoms with Crippen molar-refractivity contribution in [3.05, 3.63) is 65.1 Å². The number of rotatable bonds is 7. The number of carbonyl (C=O) groups is 1. The molecule has 0 aliphatic rings. The van der Waals surface area contributed by atoms with E-state index in [4.69, 9.17) is 5.73 Å². The number of nitrogens with zero attached hydrogens (tertiary/aromatic N) is 6. The Hall–Kier alpha value is -4.19. The molecule has 168 valence electrons. The number of pyridine rings is 1. The first-order valence-corrected chi connectivity index (χ1v) is 10.9. The molecule has 0 atom stereocenters. The number of hydrogen-bond acceptors (Lipinski definition) is 6. The first kappa shape index (κ1) is 22.0. The van der Waals surface area contributed by atoms with E-state index in [2.05, 4.69) is 26.6 Å². The van der Waals surface area contributed by atoms with E-state index in [1.54, 1.807) is 10.9 Å². The number of anilines is 1. The molecule has 3 N–H and O–H groups in total. The smallest absolute Gasteiger partial charge is 0.253 e. The van der Waals surface area contributed by atoms with Crippen molar-refractivity contribution < 1.29 is 4.79 Å². The Bertz CT molecular complexity index is 1340.